The molecule has 0 heterocycles. The van der Waals surface area contributed by atoms with E-state index < -0.39 is 0 Å². The molecule has 0 radical (unpaired) electrons. The molecule has 2 rings (SSSR count). The van der Waals surface area contributed by atoms with Gasteiger partial charge in [0.2, 0.25) is 0 Å². The van der Waals surface area contributed by atoms with Crippen molar-refractivity contribution in [3.8, 4) is 5.75 Å². The van der Waals surface area contributed by atoms with Crippen molar-refractivity contribution in [1.82, 2.24) is 5.32 Å². The molecule has 0 fully saturated rings. The fourth-order valence-corrected chi connectivity index (χ4v) is 3.15. The average molecular weight is 390 g/mol. The van der Waals surface area contributed by atoms with E-state index in [0.717, 1.165) is 16.5 Å². The van der Waals surface area contributed by atoms with Crippen molar-refractivity contribution in [2.75, 3.05) is 6.61 Å². The van der Waals surface area contributed by atoms with Crippen LogP contribution in [0.25, 0.3) is 0 Å². The second kappa shape index (κ2) is 8.34. The molecular formula is C20H24BrNO2. The van der Waals surface area contributed by atoms with E-state index in [1.54, 1.807) is 0 Å². The number of carbonyl (C=O) groups excluding carboxylic acids is 1. The molecule has 1 N–H and O–H groups in total. The van der Waals surface area contributed by atoms with Crippen molar-refractivity contribution in [2.45, 2.75) is 40.2 Å². The lowest BCUT2D eigenvalue weighted by Gasteiger charge is -2.18. The van der Waals surface area contributed by atoms with Crippen LogP contribution in [-0.4, -0.2) is 12.5 Å². The Balaban J connectivity index is 1.94. The van der Waals surface area contributed by atoms with Gasteiger partial charge in [-0.15, -0.1) is 0 Å². The molecule has 3 nitrogen and oxygen atoms in total. The summed E-state index contributed by atoms with van der Waals surface area (Å²) >= 11 is 3.49. The Morgan fingerprint density at radius 1 is 1.21 bits per heavy atom. The molecule has 0 aliphatic rings. The number of carbonyl (C=O) groups is 1. The van der Waals surface area contributed by atoms with Crippen LogP contribution in [-0.2, 0) is 11.2 Å². The summed E-state index contributed by atoms with van der Waals surface area (Å²) in [6.07, 6.45) is 0.965. The molecule has 1 amide bonds. The Bertz CT molecular complexity index is 728. The predicted octanol–water partition coefficient (Wildman–Crippen LogP) is 4.88. The largest absolute Gasteiger partial charge is 0.483 e. The summed E-state index contributed by atoms with van der Waals surface area (Å²) in [7, 11) is 0. The van der Waals surface area contributed by atoms with Crippen molar-refractivity contribution in [3.05, 3.63) is 63.1 Å². The lowest BCUT2D eigenvalue weighted by molar-refractivity contribution is -0.123. The second-order valence-corrected chi connectivity index (χ2v) is 6.91. The fraction of sp³-hybridized carbons (Fsp3) is 0.350. The summed E-state index contributed by atoms with van der Waals surface area (Å²) in [4.78, 5) is 12.2. The van der Waals surface area contributed by atoms with E-state index in [1.807, 2.05) is 25.1 Å². The number of aryl methyl sites for hydroxylation is 3. The van der Waals surface area contributed by atoms with Gasteiger partial charge in [0, 0.05) is 0 Å². The second-order valence-electron chi connectivity index (χ2n) is 6.06. The maximum Gasteiger partial charge on any atom is 0.258 e. The van der Waals surface area contributed by atoms with Crippen LogP contribution in [0.15, 0.2) is 40.9 Å². The van der Waals surface area contributed by atoms with E-state index in [-0.39, 0.29) is 18.6 Å². The van der Waals surface area contributed by atoms with Crippen molar-refractivity contribution in [3.63, 3.8) is 0 Å². The van der Waals surface area contributed by atoms with Gasteiger partial charge in [-0.2, -0.15) is 0 Å². The molecule has 0 bridgehead atoms. The minimum Gasteiger partial charge on any atom is -0.483 e. The number of amides is 1. The van der Waals surface area contributed by atoms with Crippen molar-refractivity contribution >= 4 is 21.8 Å². The Morgan fingerprint density at radius 2 is 1.96 bits per heavy atom. The molecule has 0 aromatic heterocycles. The smallest absolute Gasteiger partial charge is 0.258 e. The summed E-state index contributed by atoms with van der Waals surface area (Å²) in [6.45, 7) is 8.20. The van der Waals surface area contributed by atoms with Crippen LogP contribution in [0.5, 0.6) is 5.75 Å². The minimum atomic E-state index is -0.130. The third kappa shape index (κ3) is 4.84. The van der Waals surface area contributed by atoms with E-state index in [2.05, 4.69) is 60.2 Å². The first-order valence-electron chi connectivity index (χ1n) is 8.18. The van der Waals surface area contributed by atoms with Gasteiger partial charge in [0.1, 0.15) is 5.75 Å². The van der Waals surface area contributed by atoms with Crippen molar-refractivity contribution < 1.29 is 9.53 Å². The average Bonchev–Trinajstić information content (AvgIpc) is 2.55. The summed E-state index contributed by atoms with van der Waals surface area (Å²) in [5, 5.41) is 3.00. The van der Waals surface area contributed by atoms with E-state index in [9.17, 15) is 4.79 Å². The zero-order chi connectivity index (χ0) is 17.7. The molecule has 1 atom stereocenters. The first-order valence-corrected chi connectivity index (χ1v) is 8.97. The molecule has 0 aliphatic heterocycles. The molecule has 24 heavy (non-hydrogen) atoms. The quantitative estimate of drug-likeness (QED) is 0.763. The number of halogens is 1. The van der Waals surface area contributed by atoms with E-state index in [0.29, 0.717) is 5.75 Å². The first kappa shape index (κ1) is 18.5. The maximum atomic E-state index is 12.2. The molecule has 4 heteroatoms. The van der Waals surface area contributed by atoms with Crippen LogP contribution in [0, 0.1) is 13.8 Å². The lowest BCUT2D eigenvalue weighted by Crippen LogP contribution is -2.31. The highest BCUT2D eigenvalue weighted by Gasteiger charge is 2.13. The Hall–Kier alpha value is -1.81. The van der Waals surface area contributed by atoms with Crippen molar-refractivity contribution in [1.29, 1.82) is 0 Å². The summed E-state index contributed by atoms with van der Waals surface area (Å²) in [5.74, 6) is 0.552. The molecule has 0 saturated heterocycles. The molecule has 2 aromatic carbocycles. The highest BCUT2D eigenvalue weighted by Crippen LogP contribution is 2.26. The van der Waals surface area contributed by atoms with Gasteiger partial charge in [-0.05, 0) is 71.9 Å². The van der Waals surface area contributed by atoms with Crippen LogP contribution >= 0.6 is 15.9 Å². The monoisotopic (exact) mass is 389 g/mol. The number of hydrogen-bond acceptors (Lipinski definition) is 2. The van der Waals surface area contributed by atoms with E-state index in [1.165, 1.54) is 16.7 Å². The van der Waals surface area contributed by atoms with Crippen LogP contribution in [0.4, 0.5) is 0 Å². The summed E-state index contributed by atoms with van der Waals surface area (Å²) < 4.78 is 6.50. The standard InChI is InChI=1S/C20H24BrNO2/c1-5-16-8-9-19(18(21)11-16)24-12-20(23)22-15(4)17-10-13(2)6-7-14(17)3/h6-11,15H,5,12H2,1-4H3,(H,22,23). The molecule has 0 saturated carbocycles. The highest BCUT2D eigenvalue weighted by atomic mass is 79.9. The van der Waals surface area contributed by atoms with Gasteiger partial charge in [-0.3, -0.25) is 4.79 Å². The first-order chi connectivity index (χ1) is 11.4. The molecular weight excluding hydrogens is 366 g/mol. The van der Waals surface area contributed by atoms with Crippen LogP contribution in [0.3, 0.4) is 0 Å². The Morgan fingerprint density at radius 3 is 2.62 bits per heavy atom. The molecule has 128 valence electrons. The third-order valence-corrected chi connectivity index (χ3v) is 4.66. The zero-order valence-corrected chi connectivity index (χ0v) is 16.2. The van der Waals surface area contributed by atoms with Gasteiger partial charge < -0.3 is 10.1 Å². The van der Waals surface area contributed by atoms with E-state index in [4.69, 9.17) is 4.74 Å². The predicted molar refractivity (Wildman–Crippen MR) is 101 cm³/mol. The normalized spacial score (nSPS) is 11.9. The van der Waals surface area contributed by atoms with Crippen LogP contribution < -0.4 is 10.1 Å². The molecule has 0 aliphatic carbocycles. The van der Waals surface area contributed by atoms with Gasteiger partial charge in [0.15, 0.2) is 6.61 Å². The Labute approximate surface area is 152 Å². The zero-order valence-electron chi connectivity index (χ0n) is 14.7. The number of benzene rings is 2. The number of rotatable bonds is 6. The van der Waals surface area contributed by atoms with Gasteiger partial charge in [0.05, 0.1) is 10.5 Å². The van der Waals surface area contributed by atoms with Gasteiger partial charge >= 0.3 is 0 Å². The molecule has 1 unspecified atom stereocenters. The topological polar surface area (TPSA) is 38.3 Å². The fourth-order valence-electron chi connectivity index (χ4n) is 2.61. The number of ether oxygens (including phenoxy) is 1. The molecule has 0 spiro atoms. The van der Waals surface area contributed by atoms with Crippen LogP contribution in [0.2, 0.25) is 0 Å². The highest BCUT2D eigenvalue weighted by molar-refractivity contribution is 9.10. The SMILES string of the molecule is CCc1ccc(OCC(=O)NC(C)c2cc(C)ccc2C)c(Br)c1. The Kier molecular flexibility index (Phi) is 6.44. The lowest BCUT2D eigenvalue weighted by atomic mass is 10.00. The summed E-state index contributed by atoms with van der Waals surface area (Å²) in [5.41, 5.74) is 4.72. The van der Waals surface area contributed by atoms with E-state index >= 15 is 0 Å². The third-order valence-electron chi connectivity index (χ3n) is 4.04. The minimum absolute atomic E-state index is 0.000719. The van der Waals surface area contributed by atoms with Gasteiger partial charge in [0.25, 0.3) is 5.91 Å². The van der Waals surface area contributed by atoms with Gasteiger partial charge in [-0.25, -0.2) is 0 Å². The number of hydrogen-bond donors (Lipinski definition) is 1. The van der Waals surface area contributed by atoms with Gasteiger partial charge in [-0.1, -0.05) is 36.8 Å². The maximum absolute atomic E-state index is 12.2. The molecule has 2 aromatic rings. The van der Waals surface area contributed by atoms with Crippen molar-refractivity contribution in [2.24, 2.45) is 0 Å². The summed E-state index contributed by atoms with van der Waals surface area (Å²) in [6, 6.07) is 12.1. The number of nitrogens with one attached hydrogen (secondary N) is 1. The van der Waals surface area contributed by atoms with Crippen LogP contribution in [0.1, 0.15) is 42.1 Å².